The predicted molar refractivity (Wildman–Crippen MR) is 110 cm³/mol. The van der Waals surface area contributed by atoms with E-state index in [0.29, 0.717) is 5.57 Å². The molecular formula is C15H17F3N6O6S3. The van der Waals surface area contributed by atoms with Crippen molar-refractivity contribution in [2.75, 3.05) is 23.9 Å². The zero-order valence-corrected chi connectivity index (χ0v) is 18.9. The van der Waals surface area contributed by atoms with E-state index in [1.165, 1.54) is 16.4 Å². The lowest BCUT2D eigenvalue weighted by Gasteiger charge is -2.49. The highest BCUT2D eigenvalue weighted by Crippen LogP contribution is 2.41. The van der Waals surface area contributed by atoms with E-state index in [0.717, 1.165) is 16.7 Å². The first-order valence-corrected chi connectivity index (χ1v) is 12.1. The molecule has 3 atom stereocenters. The molecule has 3 heterocycles. The van der Waals surface area contributed by atoms with Crippen LogP contribution in [0, 0.1) is 0 Å². The molecule has 2 unspecified atom stereocenters. The smallest absolute Gasteiger partial charge is 0.442 e. The number of halogens is 3. The number of carbonyl (C=O) groups is 3. The van der Waals surface area contributed by atoms with E-state index in [2.05, 4.69) is 20.8 Å². The number of carbonyl (C=O) groups excluding carboxylic acids is 2. The van der Waals surface area contributed by atoms with Crippen LogP contribution in [0.15, 0.2) is 16.4 Å². The monoisotopic (exact) mass is 530 g/mol. The van der Waals surface area contributed by atoms with Crippen LogP contribution in [0.2, 0.25) is 0 Å². The molecule has 1 fully saturated rings. The van der Waals surface area contributed by atoms with Crippen LogP contribution in [0.5, 0.6) is 0 Å². The lowest BCUT2D eigenvalue weighted by molar-refractivity contribution is -0.150. The zero-order chi connectivity index (χ0) is 24.3. The minimum atomic E-state index is -4.59. The van der Waals surface area contributed by atoms with Gasteiger partial charge in [0.1, 0.15) is 17.1 Å². The van der Waals surface area contributed by atoms with Gasteiger partial charge in [0.2, 0.25) is 11.1 Å². The highest BCUT2D eigenvalue weighted by Gasteiger charge is 2.54. The van der Waals surface area contributed by atoms with E-state index in [9.17, 15) is 37.8 Å². The topological polar surface area (TPSA) is 171 Å². The molecule has 4 N–H and O–H groups in total. The van der Waals surface area contributed by atoms with Gasteiger partial charge in [0.05, 0.1) is 25.0 Å². The number of aliphatic carboxylic acids is 1. The highest BCUT2D eigenvalue weighted by atomic mass is 32.2. The van der Waals surface area contributed by atoms with E-state index < -0.39 is 64.9 Å². The largest absolute Gasteiger partial charge is 0.477 e. The van der Waals surface area contributed by atoms with E-state index in [-0.39, 0.29) is 28.9 Å². The highest BCUT2D eigenvalue weighted by molar-refractivity contribution is 8.01. The van der Waals surface area contributed by atoms with Gasteiger partial charge in [-0.1, -0.05) is 11.8 Å². The molecule has 2 aliphatic rings. The molecule has 2 amide bonds. The molecule has 1 aromatic heterocycles. The number of thioether (sulfide) groups is 3. The molecule has 1 saturated heterocycles. The van der Waals surface area contributed by atoms with Crippen LogP contribution in [-0.4, -0.2) is 105 Å². The van der Waals surface area contributed by atoms with Crippen molar-refractivity contribution in [2.45, 2.75) is 34.7 Å². The number of tetrazole rings is 1. The summed E-state index contributed by atoms with van der Waals surface area (Å²) in [4.78, 5) is 37.1. The van der Waals surface area contributed by atoms with Crippen molar-refractivity contribution in [1.82, 2.24) is 30.4 Å². The maximum atomic E-state index is 12.5. The molecular weight excluding hydrogens is 513 g/mol. The summed E-state index contributed by atoms with van der Waals surface area (Å²) in [6, 6.07) is -1.12. The Morgan fingerprint density at radius 1 is 1.36 bits per heavy atom. The molecule has 3 rings (SSSR count). The molecule has 0 aromatic carbocycles. The SMILES string of the molecule is O=C(CSC(F)(F)F)NC1C(=O)N2C(C(=O)O)=C(CSc3nnnn3CC(O)CO)CS[C@H]12. The fourth-order valence-corrected chi connectivity index (χ4v) is 5.73. The molecule has 0 radical (unpaired) electrons. The minimum absolute atomic E-state index is 0.0773. The van der Waals surface area contributed by atoms with Gasteiger partial charge in [0, 0.05) is 11.5 Å². The second-order valence-electron chi connectivity index (χ2n) is 6.72. The summed E-state index contributed by atoms with van der Waals surface area (Å²) in [6.45, 7) is -0.577. The number of alkyl halides is 3. The molecule has 0 aliphatic carbocycles. The number of β-lactam (4-membered cyclic amide) rings is 1. The van der Waals surface area contributed by atoms with E-state index in [4.69, 9.17) is 5.11 Å². The molecule has 0 bridgehead atoms. The van der Waals surface area contributed by atoms with Crippen LogP contribution in [0.25, 0.3) is 0 Å². The number of rotatable bonds is 10. The van der Waals surface area contributed by atoms with Crippen molar-refractivity contribution in [3.8, 4) is 0 Å². The maximum absolute atomic E-state index is 12.5. The van der Waals surface area contributed by atoms with Crippen molar-refractivity contribution in [3.05, 3.63) is 11.3 Å². The maximum Gasteiger partial charge on any atom is 0.442 e. The summed E-state index contributed by atoms with van der Waals surface area (Å²) in [5.74, 6) is -3.69. The third-order valence-corrected chi connectivity index (χ3v) is 7.52. The van der Waals surface area contributed by atoms with Gasteiger partial charge in [-0.25, -0.2) is 9.48 Å². The number of nitrogens with one attached hydrogen (secondary N) is 1. The Labute approximate surface area is 196 Å². The zero-order valence-electron chi connectivity index (χ0n) is 16.4. The average Bonchev–Trinajstić information content (AvgIpc) is 3.19. The summed E-state index contributed by atoms with van der Waals surface area (Å²) < 4.78 is 38.0. The Bertz CT molecular complexity index is 960. The summed E-state index contributed by atoms with van der Waals surface area (Å²) >= 11 is 1.70. The first-order chi connectivity index (χ1) is 15.5. The Morgan fingerprint density at radius 2 is 2.09 bits per heavy atom. The van der Waals surface area contributed by atoms with Gasteiger partial charge in [0.25, 0.3) is 5.91 Å². The van der Waals surface area contributed by atoms with Crippen molar-refractivity contribution in [3.63, 3.8) is 0 Å². The van der Waals surface area contributed by atoms with Gasteiger partial charge < -0.3 is 20.6 Å². The van der Waals surface area contributed by atoms with Crippen LogP contribution < -0.4 is 5.32 Å². The first kappa shape index (κ1) is 25.6. The Hall–Kier alpha value is -2.02. The van der Waals surface area contributed by atoms with Gasteiger partial charge in [0.15, 0.2) is 0 Å². The number of aromatic nitrogens is 4. The Kier molecular flexibility index (Phi) is 8.14. The molecule has 1 aromatic rings. The van der Waals surface area contributed by atoms with Crippen LogP contribution >= 0.6 is 35.3 Å². The summed E-state index contributed by atoms with van der Waals surface area (Å²) in [7, 11) is 0. The van der Waals surface area contributed by atoms with Crippen LogP contribution in [0.3, 0.4) is 0 Å². The average molecular weight is 531 g/mol. The Morgan fingerprint density at radius 3 is 2.73 bits per heavy atom. The summed E-state index contributed by atoms with van der Waals surface area (Å²) in [5.41, 5.74) is -4.47. The molecule has 0 saturated carbocycles. The number of hydrogen-bond donors (Lipinski definition) is 4. The van der Waals surface area contributed by atoms with Crippen molar-refractivity contribution in [1.29, 1.82) is 0 Å². The number of aliphatic hydroxyl groups excluding tert-OH is 2. The van der Waals surface area contributed by atoms with Gasteiger partial charge in [-0.3, -0.25) is 14.5 Å². The first-order valence-electron chi connectivity index (χ1n) is 9.09. The van der Waals surface area contributed by atoms with Gasteiger partial charge >= 0.3 is 11.5 Å². The van der Waals surface area contributed by atoms with Crippen molar-refractivity contribution in [2.24, 2.45) is 0 Å². The number of carboxylic acids is 1. The van der Waals surface area contributed by atoms with E-state index in [1.807, 2.05) is 0 Å². The van der Waals surface area contributed by atoms with E-state index in [1.54, 1.807) is 0 Å². The molecule has 0 spiro atoms. The van der Waals surface area contributed by atoms with Crippen LogP contribution in [-0.2, 0) is 20.9 Å². The number of hydrogen-bond acceptors (Lipinski definition) is 11. The van der Waals surface area contributed by atoms with Crippen LogP contribution in [0.1, 0.15) is 0 Å². The summed E-state index contributed by atoms with van der Waals surface area (Å²) in [5, 5.41) is 40.9. The van der Waals surface area contributed by atoms with Crippen molar-refractivity contribution >= 4 is 53.1 Å². The quantitative estimate of drug-likeness (QED) is 0.218. The number of aliphatic hydroxyl groups is 2. The number of nitrogens with zero attached hydrogens (tertiary/aromatic N) is 5. The van der Waals surface area contributed by atoms with E-state index >= 15 is 0 Å². The van der Waals surface area contributed by atoms with Crippen LogP contribution in [0.4, 0.5) is 13.2 Å². The molecule has 182 valence electrons. The number of amides is 2. The lowest BCUT2D eigenvalue weighted by atomic mass is 10.0. The second-order valence-corrected chi connectivity index (χ2v) is 9.80. The number of fused-ring (bicyclic) bond motifs is 1. The molecule has 12 nitrogen and oxygen atoms in total. The predicted octanol–water partition coefficient (Wildman–Crippen LogP) is -0.890. The third-order valence-electron chi connectivity index (χ3n) is 4.40. The Balaban J connectivity index is 1.66. The number of carboxylic acid groups (broad SMARTS) is 1. The van der Waals surface area contributed by atoms with Gasteiger partial charge in [-0.2, -0.15) is 13.2 Å². The minimum Gasteiger partial charge on any atom is -0.477 e. The second kappa shape index (κ2) is 10.5. The third kappa shape index (κ3) is 6.11. The molecule has 2 aliphatic heterocycles. The fourth-order valence-electron chi connectivity index (χ4n) is 2.98. The lowest BCUT2D eigenvalue weighted by Crippen LogP contribution is -2.70. The standard InChI is InChI=1S/C15H17F3N6O6S3/c16-15(17,18)33-5-8(27)19-9-11(28)24-10(13(29)30)6(3-31-12(9)24)4-32-14-20-21-22-23(14)1-7(26)2-25/h7,9,12,25-26H,1-5H2,(H,19,27)(H,29,30)/t7?,9?,12-/m1/s1. The van der Waals surface area contributed by atoms with Gasteiger partial charge in [-0.15, -0.1) is 16.9 Å². The van der Waals surface area contributed by atoms with Crippen molar-refractivity contribution < 1.29 is 42.9 Å². The summed E-state index contributed by atoms with van der Waals surface area (Å²) in [6.07, 6.45) is -1.09. The molecule has 18 heteroatoms. The molecule has 33 heavy (non-hydrogen) atoms. The van der Waals surface area contributed by atoms with Gasteiger partial charge in [-0.05, 0) is 27.8 Å². The fraction of sp³-hybridized carbons (Fsp3) is 0.600. The normalized spacial score (nSPS) is 21.5.